The van der Waals surface area contributed by atoms with E-state index >= 15 is 0 Å². The molecule has 2 aliphatic heterocycles. The number of ether oxygens (including phenoxy) is 1. The number of benzene rings is 3. The third kappa shape index (κ3) is 4.25. The predicted octanol–water partition coefficient (Wildman–Crippen LogP) is 5.14. The highest BCUT2D eigenvalue weighted by Gasteiger charge is 2.49. The molecule has 2 saturated heterocycles. The molecule has 0 radical (unpaired) electrons. The molecule has 0 bridgehead atoms. The zero-order chi connectivity index (χ0) is 22.8. The first-order valence-corrected chi connectivity index (χ1v) is 11.6. The number of piperidine rings is 1. The molecule has 1 spiro atoms. The zero-order valence-electron chi connectivity index (χ0n) is 18.9. The molecule has 0 aliphatic carbocycles. The van der Waals surface area contributed by atoms with Crippen molar-refractivity contribution in [3.8, 4) is 16.9 Å². The Hall–Kier alpha value is -3.18. The monoisotopic (exact) mass is 444 g/mol. The van der Waals surface area contributed by atoms with Crippen molar-refractivity contribution in [2.75, 3.05) is 20.2 Å². The largest absolute Gasteiger partial charge is 0.496 e. The molecule has 2 aliphatic rings. The summed E-state index contributed by atoms with van der Waals surface area (Å²) < 4.78 is 19.7. The number of para-hydroxylation sites is 1. The molecule has 33 heavy (non-hydrogen) atoms. The van der Waals surface area contributed by atoms with Crippen LogP contribution in [0, 0.1) is 5.82 Å². The molecule has 1 N–H and O–H groups in total. The van der Waals surface area contributed by atoms with Crippen LogP contribution in [0.3, 0.4) is 0 Å². The summed E-state index contributed by atoms with van der Waals surface area (Å²) in [5, 5.41) is 3.32. The number of methoxy groups -OCH3 is 1. The van der Waals surface area contributed by atoms with E-state index in [1.165, 1.54) is 11.6 Å². The van der Waals surface area contributed by atoms with Crippen LogP contribution in [0.25, 0.3) is 11.1 Å². The van der Waals surface area contributed by atoms with E-state index in [0.717, 1.165) is 54.9 Å². The van der Waals surface area contributed by atoms with Gasteiger partial charge in [0, 0.05) is 37.5 Å². The number of hydrogen-bond donors (Lipinski definition) is 1. The molecule has 0 saturated carbocycles. The average molecular weight is 445 g/mol. The van der Waals surface area contributed by atoms with Gasteiger partial charge in [0.25, 0.3) is 0 Å². The van der Waals surface area contributed by atoms with Crippen LogP contribution >= 0.6 is 0 Å². The Morgan fingerprint density at radius 1 is 1.06 bits per heavy atom. The van der Waals surface area contributed by atoms with Crippen molar-refractivity contribution in [2.24, 2.45) is 0 Å². The topological polar surface area (TPSA) is 41.6 Å². The summed E-state index contributed by atoms with van der Waals surface area (Å²) in [6.07, 6.45) is 2.34. The Bertz CT molecular complexity index is 1160. The minimum atomic E-state index is -0.359. The average Bonchev–Trinajstić information content (AvgIpc) is 3.16. The van der Waals surface area contributed by atoms with Gasteiger partial charge >= 0.3 is 0 Å². The SMILES string of the molecule is COc1ccccc1-c1ccccc1CN1C[C@@H](c2cccc(F)c2)[C@@]2(CCCC(=O)N2)C1. The van der Waals surface area contributed by atoms with Gasteiger partial charge < -0.3 is 10.1 Å². The summed E-state index contributed by atoms with van der Waals surface area (Å²) in [4.78, 5) is 14.8. The van der Waals surface area contributed by atoms with E-state index in [2.05, 4.69) is 34.5 Å². The maximum absolute atomic E-state index is 14.1. The second-order valence-corrected chi connectivity index (χ2v) is 9.19. The van der Waals surface area contributed by atoms with E-state index in [-0.39, 0.29) is 23.2 Å². The Labute approximate surface area is 194 Å². The van der Waals surface area contributed by atoms with Gasteiger partial charge in [0.1, 0.15) is 11.6 Å². The number of carbonyl (C=O) groups excluding carboxylic acids is 1. The Kier molecular flexibility index (Phi) is 5.90. The first-order valence-electron chi connectivity index (χ1n) is 11.6. The third-order valence-electron chi connectivity index (χ3n) is 7.09. The van der Waals surface area contributed by atoms with E-state index in [4.69, 9.17) is 4.74 Å². The molecular formula is C28H29FN2O2. The van der Waals surface area contributed by atoms with E-state index in [1.807, 2.05) is 30.3 Å². The Morgan fingerprint density at radius 3 is 2.64 bits per heavy atom. The number of rotatable bonds is 5. The standard InChI is InChI=1S/C28H29FN2O2/c1-33-26-13-5-4-12-24(26)23-11-3-2-8-21(23)17-31-18-25(20-9-6-10-22(29)16-20)28(19-31)15-7-14-27(32)30-28/h2-6,8-13,16,25H,7,14-15,17-19H2,1H3,(H,30,32)/t25-,28+/m0/s1. The molecule has 5 heteroatoms. The fourth-order valence-corrected chi connectivity index (χ4v) is 5.65. The molecule has 0 unspecified atom stereocenters. The van der Waals surface area contributed by atoms with E-state index < -0.39 is 0 Å². The maximum Gasteiger partial charge on any atom is 0.220 e. The highest BCUT2D eigenvalue weighted by molar-refractivity contribution is 5.78. The normalized spacial score (nSPS) is 23.0. The fourth-order valence-electron chi connectivity index (χ4n) is 5.65. The summed E-state index contributed by atoms with van der Waals surface area (Å²) in [6.45, 7) is 2.27. The van der Waals surface area contributed by atoms with Crippen molar-refractivity contribution in [1.29, 1.82) is 0 Å². The number of hydrogen-bond acceptors (Lipinski definition) is 3. The zero-order valence-corrected chi connectivity index (χ0v) is 18.9. The lowest BCUT2D eigenvalue weighted by molar-refractivity contribution is -0.125. The molecule has 3 aromatic carbocycles. The molecular weight excluding hydrogens is 415 g/mol. The molecule has 170 valence electrons. The van der Waals surface area contributed by atoms with Crippen molar-refractivity contribution in [1.82, 2.24) is 10.2 Å². The Morgan fingerprint density at radius 2 is 1.85 bits per heavy atom. The predicted molar refractivity (Wildman–Crippen MR) is 128 cm³/mol. The van der Waals surface area contributed by atoms with Gasteiger partial charge in [-0.3, -0.25) is 9.69 Å². The number of carbonyl (C=O) groups is 1. The third-order valence-corrected chi connectivity index (χ3v) is 7.09. The van der Waals surface area contributed by atoms with E-state index in [9.17, 15) is 9.18 Å². The maximum atomic E-state index is 14.1. The van der Waals surface area contributed by atoms with Gasteiger partial charge in [0.05, 0.1) is 12.6 Å². The van der Waals surface area contributed by atoms with Gasteiger partial charge in [-0.25, -0.2) is 4.39 Å². The summed E-state index contributed by atoms with van der Waals surface area (Å²) in [5.74, 6) is 0.763. The molecule has 1 amide bonds. The number of halogens is 1. The van der Waals surface area contributed by atoms with Crippen molar-refractivity contribution < 1.29 is 13.9 Å². The molecule has 0 aromatic heterocycles. The number of amides is 1. The van der Waals surface area contributed by atoms with Gasteiger partial charge in [-0.15, -0.1) is 0 Å². The fraction of sp³-hybridized carbons (Fsp3) is 0.321. The lowest BCUT2D eigenvalue weighted by atomic mass is 9.76. The van der Waals surface area contributed by atoms with Crippen LogP contribution in [-0.2, 0) is 11.3 Å². The lowest BCUT2D eigenvalue weighted by Crippen LogP contribution is -2.56. The summed E-state index contributed by atoms with van der Waals surface area (Å²) in [6, 6.07) is 23.3. The Balaban J connectivity index is 1.47. The van der Waals surface area contributed by atoms with Crippen molar-refractivity contribution in [2.45, 2.75) is 37.3 Å². The van der Waals surface area contributed by atoms with Crippen molar-refractivity contribution in [3.63, 3.8) is 0 Å². The summed E-state index contributed by atoms with van der Waals surface area (Å²) in [7, 11) is 1.70. The number of likely N-dealkylation sites (tertiary alicyclic amines) is 1. The molecule has 2 atom stereocenters. The van der Waals surface area contributed by atoms with Crippen LogP contribution < -0.4 is 10.1 Å². The highest BCUT2D eigenvalue weighted by Crippen LogP contribution is 2.42. The van der Waals surface area contributed by atoms with Crippen molar-refractivity contribution >= 4 is 5.91 Å². The van der Waals surface area contributed by atoms with Gasteiger partial charge in [0.2, 0.25) is 5.91 Å². The van der Waals surface area contributed by atoms with Crippen LogP contribution in [0.1, 0.15) is 36.3 Å². The summed E-state index contributed by atoms with van der Waals surface area (Å²) in [5.41, 5.74) is 4.02. The van der Waals surface area contributed by atoms with Crippen LogP contribution in [-0.4, -0.2) is 36.5 Å². The molecule has 5 rings (SSSR count). The first-order chi connectivity index (χ1) is 16.1. The van der Waals surface area contributed by atoms with Gasteiger partial charge in [-0.05, 0) is 47.7 Å². The van der Waals surface area contributed by atoms with Gasteiger partial charge in [-0.1, -0.05) is 54.6 Å². The second-order valence-electron chi connectivity index (χ2n) is 9.19. The second kappa shape index (κ2) is 8.99. The molecule has 4 nitrogen and oxygen atoms in total. The minimum absolute atomic E-state index is 0.0517. The smallest absolute Gasteiger partial charge is 0.220 e. The van der Waals surface area contributed by atoms with E-state index in [1.54, 1.807) is 19.2 Å². The first kappa shape index (κ1) is 21.7. The van der Waals surface area contributed by atoms with Crippen LogP contribution in [0.4, 0.5) is 4.39 Å². The highest BCUT2D eigenvalue weighted by atomic mass is 19.1. The van der Waals surface area contributed by atoms with Gasteiger partial charge in [0.15, 0.2) is 0 Å². The molecule has 2 fully saturated rings. The number of nitrogens with one attached hydrogen (secondary N) is 1. The quantitative estimate of drug-likeness (QED) is 0.593. The molecule has 2 heterocycles. The van der Waals surface area contributed by atoms with Crippen LogP contribution in [0.15, 0.2) is 72.8 Å². The minimum Gasteiger partial charge on any atom is -0.496 e. The van der Waals surface area contributed by atoms with E-state index in [0.29, 0.717) is 6.42 Å². The van der Waals surface area contributed by atoms with Gasteiger partial charge in [-0.2, -0.15) is 0 Å². The van der Waals surface area contributed by atoms with Crippen LogP contribution in [0.5, 0.6) is 5.75 Å². The van der Waals surface area contributed by atoms with Crippen LogP contribution in [0.2, 0.25) is 0 Å². The summed E-state index contributed by atoms with van der Waals surface area (Å²) >= 11 is 0. The lowest BCUT2D eigenvalue weighted by Gasteiger charge is -2.39. The van der Waals surface area contributed by atoms with Crippen molar-refractivity contribution in [3.05, 3.63) is 89.7 Å². The number of nitrogens with zero attached hydrogens (tertiary/aromatic N) is 1. The molecule has 3 aromatic rings.